The van der Waals surface area contributed by atoms with Gasteiger partial charge in [0.05, 0.1) is 12.2 Å². The minimum Gasteiger partial charge on any atom is -0.462 e. The van der Waals surface area contributed by atoms with E-state index < -0.39 is 17.1 Å². The Labute approximate surface area is 188 Å². The smallest absolute Gasteiger partial charge is 0.348 e. The molecule has 0 unspecified atom stereocenters. The van der Waals surface area contributed by atoms with Crippen molar-refractivity contribution in [1.82, 2.24) is 0 Å². The standard InChI is InChI=1S/C23H22N2O4S2/c1-3-29-23(28)18-14(2)17(20(24)26)22(31-18)25-21(27)19(15-10-6-4-7-11-15)30-16-12-8-5-9-13-16/h4-13,19H,3H2,1-2H3,(H2,24,26)(H,25,27)/t19-/m0/s1. The van der Waals surface area contributed by atoms with Gasteiger partial charge >= 0.3 is 5.97 Å². The normalized spacial score (nSPS) is 11.5. The van der Waals surface area contributed by atoms with E-state index in [2.05, 4.69) is 5.32 Å². The summed E-state index contributed by atoms with van der Waals surface area (Å²) in [6.45, 7) is 3.52. The third kappa shape index (κ3) is 5.34. The zero-order valence-electron chi connectivity index (χ0n) is 17.1. The molecule has 3 rings (SSSR count). The number of nitrogens with two attached hydrogens (primary N) is 1. The highest BCUT2D eigenvalue weighted by molar-refractivity contribution is 8.00. The lowest BCUT2D eigenvalue weighted by molar-refractivity contribution is -0.115. The van der Waals surface area contributed by atoms with Crippen LogP contribution in [0.3, 0.4) is 0 Å². The van der Waals surface area contributed by atoms with Crippen LogP contribution in [-0.2, 0) is 9.53 Å². The third-order valence-electron chi connectivity index (χ3n) is 4.43. The van der Waals surface area contributed by atoms with Crippen LogP contribution in [-0.4, -0.2) is 24.4 Å². The maximum Gasteiger partial charge on any atom is 0.348 e. The largest absolute Gasteiger partial charge is 0.462 e. The molecule has 0 fully saturated rings. The second-order valence-electron chi connectivity index (χ2n) is 6.56. The van der Waals surface area contributed by atoms with Gasteiger partial charge in [0.15, 0.2) is 0 Å². The van der Waals surface area contributed by atoms with E-state index in [1.165, 1.54) is 11.8 Å². The molecule has 3 aromatic rings. The van der Waals surface area contributed by atoms with Crippen molar-refractivity contribution < 1.29 is 19.1 Å². The number of hydrogen-bond donors (Lipinski definition) is 2. The lowest BCUT2D eigenvalue weighted by Crippen LogP contribution is -2.21. The van der Waals surface area contributed by atoms with Crippen molar-refractivity contribution >= 4 is 45.9 Å². The number of nitrogens with one attached hydrogen (secondary N) is 1. The molecule has 6 nitrogen and oxygen atoms in total. The Kier molecular flexibility index (Phi) is 7.49. The third-order valence-corrected chi connectivity index (χ3v) is 6.88. The molecule has 0 radical (unpaired) electrons. The number of thioether (sulfide) groups is 1. The van der Waals surface area contributed by atoms with E-state index in [1.54, 1.807) is 13.8 Å². The number of carbonyl (C=O) groups excluding carboxylic acids is 3. The van der Waals surface area contributed by atoms with Gasteiger partial charge in [-0.2, -0.15) is 0 Å². The number of rotatable bonds is 8. The summed E-state index contributed by atoms with van der Waals surface area (Å²) in [5.41, 5.74) is 6.89. The second-order valence-corrected chi connectivity index (χ2v) is 8.76. The lowest BCUT2D eigenvalue weighted by Gasteiger charge is -2.17. The number of carbonyl (C=O) groups is 3. The summed E-state index contributed by atoms with van der Waals surface area (Å²) >= 11 is 2.39. The zero-order chi connectivity index (χ0) is 22.4. The minimum absolute atomic E-state index is 0.123. The molecule has 0 spiro atoms. The Morgan fingerprint density at radius 3 is 2.26 bits per heavy atom. The van der Waals surface area contributed by atoms with E-state index in [0.717, 1.165) is 21.8 Å². The summed E-state index contributed by atoms with van der Waals surface area (Å²) < 4.78 is 5.06. The number of hydrogen-bond acceptors (Lipinski definition) is 6. The number of esters is 1. The molecule has 0 saturated carbocycles. The van der Waals surface area contributed by atoms with Gasteiger partial charge in [-0.1, -0.05) is 48.5 Å². The molecular weight excluding hydrogens is 432 g/mol. The first kappa shape index (κ1) is 22.6. The van der Waals surface area contributed by atoms with Gasteiger partial charge in [-0.15, -0.1) is 23.1 Å². The van der Waals surface area contributed by atoms with Crippen LogP contribution in [0.1, 0.15) is 43.3 Å². The SMILES string of the molecule is CCOC(=O)c1sc(NC(=O)[C@@H](Sc2ccccc2)c2ccccc2)c(C(N)=O)c1C. The van der Waals surface area contributed by atoms with Crippen molar-refractivity contribution in [3.8, 4) is 0 Å². The van der Waals surface area contributed by atoms with E-state index in [4.69, 9.17) is 10.5 Å². The molecule has 2 amide bonds. The van der Waals surface area contributed by atoms with E-state index >= 15 is 0 Å². The Bertz CT molecular complexity index is 1080. The molecule has 1 heterocycles. The highest BCUT2D eigenvalue weighted by atomic mass is 32.2. The fourth-order valence-corrected chi connectivity index (χ4v) is 5.16. The average molecular weight is 455 g/mol. The van der Waals surface area contributed by atoms with Crippen molar-refractivity contribution in [3.05, 3.63) is 82.2 Å². The predicted molar refractivity (Wildman–Crippen MR) is 124 cm³/mol. The molecule has 31 heavy (non-hydrogen) atoms. The minimum atomic E-state index is -0.716. The highest BCUT2D eigenvalue weighted by Crippen LogP contribution is 2.38. The summed E-state index contributed by atoms with van der Waals surface area (Å²) in [7, 11) is 0. The number of amides is 2. The molecule has 160 valence electrons. The molecule has 0 aliphatic rings. The Balaban J connectivity index is 1.95. The van der Waals surface area contributed by atoms with Gasteiger partial charge in [-0.25, -0.2) is 4.79 Å². The highest BCUT2D eigenvalue weighted by Gasteiger charge is 2.28. The first-order valence-corrected chi connectivity index (χ1v) is 11.3. The van der Waals surface area contributed by atoms with Crippen LogP contribution >= 0.6 is 23.1 Å². The van der Waals surface area contributed by atoms with E-state index in [1.807, 2.05) is 60.7 Å². The van der Waals surface area contributed by atoms with Crippen molar-refractivity contribution in [1.29, 1.82) is 0 Å². The van der Waals surface area contributed by atoms with Gasteiger partial charge in [-0.05, 0) is 37.1 Å². The van der Waals surface area contributed by atoms with Crippen molar-refractivity contribution in [2.24, 2.45) is 5.73 Å². The van der Waals surface area contributed by atoms with Crippen molar-refractivity contribution in [3.63, 3.8) is 0 Å². The molecule has 1 atom stereocenters. The molecular formula is C23H22N2O4S2. The number of benzene rings is 2. The van der Waals surface area contributed by atoms with E-state index in [-0.39, 0.29) is 28.0 Å². The molecule has 3 N–H and O–H groups in total. The van der Waals surface area contributed by atoms with Crippen LogP contribution in [0, 0.1) is 6.92 Å². The molecule has 0 saturated heterocycles. The fraction of sp³-hybridized carbons (Fsp3) is 0.174. The summed E-state index contributed by atoms with van der Waals surface area (Å²) in [4.78, 5) is 38.8. The van der Waals surface area contributed by atoms with Gasteiger partial charge in [0.25, 0.3) is 5.91 Å². The summed E-state index contributed by atoms with van der Waals surface area (Å²) in [6.07, 6.45) is 0. The molecule has 2 aromatic carbocycles. The van der Waals surface area contributed by atoms with Gasteiger partial charge < -0.3 is 15.8 Å². The number of thiophene rings is 1. The Morgan fingerprint density at radius 2 is 1.68 bits per heavy atom. The quantitative estimate of drug-likeness (QED) is 0.376. The topological polar surface area (TPSA) is 98.5 Å². The van der Waals surface area contributed by atoms with Crippen LogP contribution < -0.4 is 11.1 Å². The molecule has 1 aromatic heterocycles. The van der Waals surface area contributed by atoms with E-state index in [0.29, 0.717) is 5.56 Å². The van der Waals surface area contributed by atoms with Gasteiger partial charge in [0.1, 0.15) is 15.1 Å². The lowest BCUT2D eigenvalue weighted by atomic mass is 10.1. The van der Waals surface area contributed by atoms with Gasteiger partial charge in [0, 0.05) is 4.90 Å². The van der Waals surface area contributed by atoms with Crippen LogP contribution in [0.4, 0.5) is 5.00 Å². The molecule has 0 aliphatic carbocycles. The number of primary amides is 1. The summed E-state index contributed by atoms with van der Waals surface area (Å²) in [5, 5.41) is 2.49. The maximum absolute atomic E-state index is 13.3. The van der Waals surface area contributed by atoms with Crippen LogP contribution in [0.2, 0.25) is 0 Å². The van der Waals surface area contributed by atoms with Crippen molar-refractivity contribution in [2.45, 2.75) is 24.0 Å². The number of anilines is 1. The monoisotopic (exact) mass is 454 g/mol. The summed E-state index contributed by atoms with van der Waals surface area (Å²) in [6, 6.07) is 18.9. The Morgan fingerprint density at radius 1 is 1.06 bits per heavy atom. The molecule has 0 aliphatic heterocycles. The van der Waals surface area contributed by atoms with Crippen LogP contribution in [0.15, 0.2) is 65.6 Å². The van der Waals surface area contributed by atoms with Crippen LogP contribution in [0.25, 0.3) is 0 Å². The van der Waals surface area contributed by atoms with Gasteiger partial charge in [0.2, 0.25) is 5.91 Å². The predicted octanol–water partition coefficient (Wildman–Crippen LogP) is 4.80. The average Bonchev–Trinajstić information content (AvgIpc) is 3.09. The molecule has 8 heteroatoms. The van der Waals surface area contributed by atoms with E-state index in [9.17, 15) is 14.4 Å². The summed E-state index contributed by atoms with van der Waals surface area (Å²) in [5.74, 6) is -1.59. The van der Waals surface area contributed by atoms with Crippen LogP contribution in [0.5, 0.6) is 0 Å². The maximum atomic E-state index is 13.3. The molecule has 0 bridgehead atoms. The Hall–Kier alpha value is -3.10. The first-order valence-electron chi connectivity index (χ1n) is 9.60. The number of ether oxygens (including phenoxy) is 1. The fourth-order valence-electron chi connectivity index (χ4n) is 3.00. The first-order chi connectivity index (χ1) is 14.9. The van der Waals surface area contributed by atoms with Crippen molar-refractivity contribution in [2.75, 3.05) is 11.9 Å². The van der Waals surface area contributed by atoms with Gasteiger partial charge in [-0.3, -0.25) is 9.59 Å². The zero-order valence-corrected chi connectivity index (χ0v) is 18.7. The second kappa shape index (κ2) is 10.3.